The number of methoxy groups -OCH3 is 1. The van der Waals surface area contributed by atoms with Crippen LogP contribution in [-0.4, -0.2) is 33.5 Å². The predicted octanol–water partition coefficient (Wildman–Crippen LogP) is 8.58. The fraction of sp³-hybridized carbons (Fsp3) is 0.343. The number of thioether (sulfide) groups is 1. The molecule has 1 aliphatic heterocycles. The van der Waals surface area contributed by atoms with Gasteiger partial charge in [-0.1, -0.05) is 75.9 Å². The summed E-state index contributed by atoms with van der Waals surface area (Å²) in [5.74, 6) is 2.30. The first kappa shape index (κ1) is 32.6. The monoisotopic (exact) mass is 689 g/mol. The number of carbonyl (C=O) groups excluding carboxylic acids is 1. The second-order valence-electron chi connectivity index (χ2n) is 12.1. The molecule has 1 amide bonds. The number of allylic oxidation sites excluding steroid dienone is 1. The molecule has 3 aromatic carbocycles. The summed E-state index contributed by atoms with van der Waals surface area (Å²) in [5, 5.41) is 11.9. The Bertz CT molecular complexity index is 1760. The van der Waals surface area contributed by atoms with E-state index in [0.29, 0.717) is 45.0 Å². The van der Waals surface area contributed by atoms with Gasteiger partial charge in [0.25, 0.3) is 5.91 Å². The highest BCUT2D eigenvalue weighted by molar-refractivity contribution is 9.10. The number of fused-ring (bicyclic) bond motifs is 1. The molecule has 1 aliphatic rings. The zero-order chi connectivity index (χ0) is 32.5. The third-order valence-corrected chi connectivity index (χ3v) is 9.28. The van der Waals surface area contributed by atoms with Gasteiger partial charge in [-0.05, 0) is 93.9 Å². The SMILES string of the molecule is CCSc1nc2n(n1)C(c1cc(Br)c(OCc3ccc(C(C)(C)C)cc3)c(OC)c1)C(C(=O)Nc1cccc(C)c1C)=C(C)N2. The largest absolute Gasteiger partial charge is 0.493 e. The Morgan fingerprint density at radius 2 is 1.84 bits per heavy atom. The Balaban J connectivity index is 1.52. The van der Waals surface area contributed by atoms with E-state index in [1.165, 1.54) is 5.56 Å². The number of benzene rings is 3. The maximum atomic E-state index is 14.1. The number of rotatable bonds is 9. The van der Waals surface area contributed by atoms with Gasteiger partial charge in [0.15, 0.2) is 11.5 Å². The molecule has 2 N–H and O–H groups in total. The molecule has 1 unspecified atom stereocenters. The molecule has 1 atom stereocenters. The number of amides is 1. The average molecular weight is 691 g/mol. The Hall–Kier alpha value is -3.76. The van der Waals surface area contributed by atoms with Crippen LogP contribution < -0.4 is 20.1 Å². The predicted molar refractivity (Wildman–Crippen MR) is 186 cm³/mol. The summed E-state index contributed by atoms with van der Waals surface area (Å²) in [7, 11) is 1.62. The molecule has 0 fully saturated rings. The van der Waals surface area contributed by atoms with Gasteiger partial charge in [-0.3, -0.25) is 4.79 Å². The van der Waals surface area contributed by atoms with Crippen LogP contribution in [0.4, 0.5) is 11.6 Å². The molecule has 45 heavy (non-hydrogen) atoms. The molecule has 8 nitrogen and oxygen atoms in total. The Labute approximate surface area is 278 Å². The van der Waals surface area contributed by atoms with Crippen LogP contribution in [0.1, 0.15) is 68.5 Å². The van der Waals surface area contributed by atoms with Gasteiger partial charge in [0.2, 0.25) is 11.1 Å². The first-order valence-electron chi connectivity index (χ1n) is 15.0. The zero-order valence-electron chi connectivity index (χ0n) is 27.0. The van der Waals surface area contributed by atoms with Crippen LogP contribution in [-0.2, 0) is 16.8 Å². The molecular formula is C35H40BrN5O3S. The topological polar surface area (TPSA) is 90.3 Å². The minimum atomic E-state index is -0.575. The van der Waals surface area contributed by atoms with Gasteiger partial charge in [0.05, 0.1) is 17.2 Å². The second kappa shape index (κ2) is 13.3. The molecule has 5 rings (SSSR count). The number of aryl methyl sites for hydroxylation is 1. The van der Waals surface area contributed by atoms with Crippen molar-refractivity contribution in [2.24, 2.45) is 0 Å². The van der Waals surface area contributed by atoms with E-state index in [-0.39, 0.29) is 11.3 Å². The summed E-state index contributed by atoms with van der Waals surface area (Å²) in [5.41, 5.74) is 7.32. The van der Waals surface area contributed by atoms with Crippen molar-refractivity contribution in [3.05, 3.63) is 98.2 Å². The lowest BCUT2D eigenvalue weighted by Crippen LogP contribution is -2.31. The van der Waals surface area contributed by atoms with Gasteiger partial charge in [-0.15, -0.1) is 5.10 Å². The molecule has 0 spiro atoms. The van der Waals surface area contributed by atoms with Crippen molar-refractivity contribution in [2.75, 3.05) is 23.5 Å². The standard InChI is InChI=1S/C35H40BrN5O3S/c1-9-45-34-39-33-37-22(4)29(32(42)38-27-12-10-11-20(2)21(27)3)30(41(33)40-34)24-17-26(36)31(28(18-24)43-8)44-19-23-13-15-25(16-14-23)35(5,6)7/h10-18,30H,9,19H2,1-8H3,(H,38,42)(H,37,39,40). The Morgan fingerprint density at radius 1 is 1.11 bits per heavy atom. The van der Waals surface area contributed by atoms with E-state index in [1.54, 1.807) is 23.6 Å². The molecule has 0 radical (unpaired) electrons. The highest BCUT2D eigenvalue weighted by atomic mass is 79.9. The maximum Gasteiger partial charge on any atom is 0.255 e. The van der Waals surface area contributed by atoms with Gasteiger partial charge in [0.1, 0.15) is 12.6 Å². The molecule has 4 aromatic rings. The summed E-state index contributed by atoms with van der Waals surface area (Å²) in [4.78, 5) is 18.8. The molecule has 0 saturated heterocycles. The van der Waals surface area contributed by atoms with Crippen molar-refractivity contribution in [3.8, 4) is 11.5 Å². The lowest BCUT2D eigenvalue weighted by Gasteiger charge is -2.29. The van der Waals surface area contributed by atoms with E-state index in [1.807, 2.05) is 51.1 Å². The maximum absolute atomic E-state index is 14.1. The van der Waals surface area contributed by atoms with E-state index in [2.05, 4.69) is 78.5 Å². The highest BCUT2D eigenvalue weighted by Gasteiger charge is 2.35. The average Bonchev–Trinajstić information content (AvgIpc) is 3.39. The number of carbonyl (C=O) groups is 1. The number of ether oxygens (including phenoxy) is 2. The van der Waals surface area contributed by atoms with Crippen molar-refractivity contribution in [3.63, 3.8) is 0 Å². The number of aromatic nitrogens is 3. The fourth-order valence-corrected chi connectivity index (χ4v) is 6.42. The first-order chi connectivity index (χ1) is 21.4. The fourth-order valence-electron chi connectivity index (χ4n) is 5.29. The van der Waals surface area contributed by atoms with E-state index >= 15 is 0 Å². The van der Waals surface area contributed by atoms with Crippen molar-refractivity contribution in [2.45, 2.75) is 71.7 Å². The lowest BCUT2D eigenvalue weighted by molar-refractivity contribution is -0.113. The third-order valence-electron chi connectivity index (χ3n) is 7.97. The van der Waals surface area contributed by atoms with E-state index in [4.69, 9.17) is 19.6 Å². The van der Waals surface area contributed by atoms with Crippen LogP contribution >= 0.6 is 27.7 Å². The van der Waals surface area contributed by atoms with Crippen LogP contribution in [0.2, 0.25) is 0 Å². The number of hydrogen-bond donors (Lipinski definition) is 2. The van der Waals surface area contributed by atoms with E-state index < -0.39 is 6.04 Å². The van der Waals surface area contributed by atoms with Crippen LogP contribution in [0.3, 0.4) is 0 Å². The summed E-state index contributed by atoms with van der Waals surface area (Å²) >= 11 is 5.29. The second-order valence-corrected chi connectivity index (χ2v) is 14.2. The highest BCUT2D eigenvalue weighted by Crippen LogP contribution is 2.43. The van der Waals surface area contributed by atoms with Crippen LogP contribution in [0.15, 0.2) is 75.5 Å². The van der Waals surface area contributed by atoms with E-state index in [0.717, 1.165) is 33.7 Å². The summed E-state index contributed by atoms with van der Waals surface area (Å²) in [6.07, 6.45) is 0. The molecular weight excluding hydrogens is 650 g/mol. The number of hydrogen-bond acceptors (Lipinski definition) is 7. The number of nitrogens with one attached hydrogen (secondary N) is 2. The molecule has 236 valence electrons. The van der Waals surface area contributed by atoms with Crippen LogP contribution in [0, 0.1) is 13.8 Å². The summed E-state index contributed by atoms with van der Waals surface area (Å²) in [6, 6.07) is 17.7. The first-order valence-corrected chi connectivity index (χ1v) is 16.7. The summed E-state index contributed by atoms with van der Waals surface area (Å²) < 4.78 is 14.6. The minimum Gasteiger partial charge on any atom is -0.493 e. The van der Waals surface area contributed by atoms with Crippen LogP contribution in [0.5, 0.6) is 11.5 Å². The van der Waals surface area contributed by atoms with Gasteiger partial charge in [-0.2, -0.15) is 4.98 Å². The van der Waals surface area contributed by atoms with Crippen molar-refractivity contribution < 1.29 is 14.3 Å². The summed E-state index contributed by atoms with van der Waals surface area (Å²) in [6.45, 7) is 15.0. The molecule has 1 aromatic heterocycles. The molecule has 0 bridgehead atoms. The number of nitrogens with zero attached hydrogens (tertiary/aromatic N) is 3. The molecule has 10 heteroatoms. The quantitative estimate of drug-likeness (QED) is 0.170. The van der Waals surface area contributed by atoms with Gasteiger partial charge < -0.3 is 20.1 Å². The smallest absolute Gasteiger partial charge is 0.255 e. The van der Waals surface area contributed by atoms with Crippen molar-refractivity contribution >= 4 is 45.2 Å². The molecule has 0 saturated carbocycles. The Kier molecular flexibility index (Phi) is 9.65. The normalized spacial score (nSPS) is 14.6. The number of halogens is 1. The van der Waals surface area contributed by atoms with E-state index in [9.17, 15) is 4.79 Å². The van der Waals surface area contributed by atoms with Crippen LogP contribution in [0.25, 0.3) is 0 Å². The van der Waals surface area contributed by atoms with Crippen molar-refractivity contribution in [1.82, 2.24) is 14.8 Å². The van der Waals surface area contributed by atoms with Gasteiger partial charge in [0, 0.05) is 11.4 Å². The third kappa shape index (κ3) is 6.92. The minimum absolute atomic E-state index is 0.0808. The van der Waals surface area contributed by atoms with Gasteiger partial charge in [-0.25, -0.2) is 4.68 Å². The number of anilines is 2. The molecule has 2 heterocycles. The molecule has 0 aliphatic carbocycles. The Morgan fingerprint density at radius 3 is 2.51 bits per heavy atom. The van der Waals surface area contributed by atoms with Gasteiger partial charge >= 0.3 is 0 Å². The zero-order valence-corrected chi connectivity index (χ0v) is 29.4. The van der Waals surface area contributed by atoms with Crippen molar-refractivity contribution in [1.29, 1.82) is 0 Å². The lowest BCUT2D eigenvalue weighted by atomic mass is 9.87.